The maximum atomic E-state index is 9.58. The first kappa shape index (κ1) is 8.68. The first-order valence-corrected chi connectivity index (χ1v) is 4.06. The minimum absolute atomic E-state index is 0.160. The Morgan fingerprint density at radius 1 is 1.29 bits per heavy atom. The summed E-state index contributed by atoms with van der Waals surface area (Å²) < 4.78 is 10.8. The summed E-state index contributed by atoms with van der Waals surface area (Å²) in [4.78, 5) is 4.04. The molecular formula is C9H10N2O3. The molecule has 0 aliphatic heterocycles. The second-order valence-corrected chi connectivity index (χ2v) is 2.76. The molecule has 0 radical (unpaired) electrons. The molecule has 1 aromatic heterocycles. The fraction of sp³-hybridized carbons (Fsp3) is 0.222. The topological polar surface area (TPSA) is 56.5 Å². The van der Waals surface area contributed by atoms with Crippen LogP contribution in [-0.2, 0) is 0 Å². The Labute approximate surface area is 80.5 Å². The smallest absolute Gasteiger partial charge is 0.331 e. The third kappa shape index (κ3) is 1.14. The molecule has 2 rings (SSSR count). The van der Waals surface area contributed by atoms with Crippen LogP contribution in [0.4, 0.5) is 0 Å². The van der Waals surface area contributed by atoms with E-state index in [9.17, 15) is 5.21 Å². The van der Waals surface area contributed by atoms with Gasteiger partial charge in [-0.2, -0.15) is 4.98 Å². The summed E-state index contributed by atoms with van der Waals surface area (Å²) in [6.07, 6.45) is 0. The summed E-state index contributed by atoms with van der Waals surface area (Å²) in [5.41, 5.74) is 1.21. The van der Waals surface area contributed by atoms with Crippen molar-refractivity contribution in [1.82, 2.24) is 9.71 Å². The van der Waals surface area contributed by atoms with Gasteiger partial charge in [0.2, 0.25) is 0 Å². The first-order chi connectivity index (χ1) is 6.76. The molecule has 5 heteroatoms. The van der Waals surface area contributed by atoms with Crippen LogP contribution in [0.15, 0.2) is 18.2 Å². The lowest BCUT2D eigenvalue weighted by molar-refractivity contribution is 0.159. The second-order valence-electron chi connectivity index (χ2n) is 2.76. The maximum Gasteiger partial charge on any atom is 0.331 e. The highest BCUT2D eigenvalue weighted by atomic mass is 16.6. The number of fused-ring (bicyclic) bond motifs is 1. The van der Waals surface area contributed by atoms with E-state index in [-0.39, 0.29) is 6.01 Å². The molecule has 74 valence electrons. The predicted molar refractivity (Wildman–Crippen MR) is 50.0 cm³/mol. The van der Waals surface area contributed by atoms with Crippen molar-refractivity contribution >= 4 is 11.0 Å². The Morgan fingerprint density at radius 2 is 2.07 bits per heavy atom. The second kappa shape index (κ2) is 3.10. The van der Waals surface area contributed by atoms with Crippen LogP contribution in [0.2, 0.25) is 0 Å². The molecule has 0 aliphatic rings. The van der Waals surface area contributed by atoms with Gasteiger partial charge in [0.1, 0.15) is 11.3 Å². The zero-order chi connectivity index (χ0) is 10.1. The van der Waals surface area contributed by atoms with E-state index in [0.717, 1.165) is 4.73 Å². The van der Waals surface area contributed by atoms with Crippen molar-refractivity contribution in [2.24, 2.45) is 0 Å². The number of aromatic nitrogens is 2. The minimum atomic E-state index is 0.160. The molecule has 0 bridgehead atoms. The van der Waals surface area contributed by atoms with Gasteiger partial charge in [0, 0.05) is 6.07 Å². The largest absolute Gasteiger partial charge is 0.497 e. The van der Waals surface area contributed by atoms with Crippen molar-refractivity contribution in [3.63, 3.8) is 0 Å². The number of nitrogens with zero attached hydrogens (tertiary/aromatic N) is 2. The van der Waals surface area contributed by atoms with Gasteiger partial charge >= 0.3 is 6.01 Å². The van der Waals surface area contributed by atoms with Crippen LogP contribution in [0, 0.1) is 0 Å². The number of benzene rings is 1. The van der Waals surface area contributed by atoms with Gasteiger partial charge in [-0.1, -0.05) is 0 Å². The first-order valence-electron chi connectivity index (χ1n) is 4.06. The Morgan fingerprint density at radius 3 is 2.71 bits per heavy atom. The van der Waals surface area contributed by atoms with E-state index in [0.29, 0.717) is 16.8 Å². The number of ether oxygens (including phenoxy) is 2. The van der Waals surface area contributed by atoms with Gasteiger partial charge in [0.15, 0.2) is 0 Å². The molecule has 0 saturated carbocycles. The molecule has 0 aliphatic carbocycles. The Bertz CT molecular complexity index is 464. The fourth-order valence-corrected chi connectivity index (χ4v) is 1.28. The van der Waals surface area contributed by atoms with Crippen molar-refractivity contribution in [2.45, 2.75) is 0 Å². The molecule has 0 spiro atoms. The molecule has 14 heavy (non-hydrogen) atoms. The van der Waals surface area contributed by atoms with Gasteiger partial charge < -0.3 is 14.7 Å². The van der Waals surface area contributed by atoms with Crippen molar-refractivity contribution < 1.29 is 14.7 Å². The average molecular weight is 194 g/mol. The number of imidazole rings is 1. The van der Waals surface area contributed by atoms with Crippen molar-refractivity contribution in [2.75, 3.05) is 14.2 Å². The Balaban J connectivity index is 2.68. The molecule has 0 unspecified atom stereocenters. The summed E-state index contributed by atoms with van der Waals surface area (Å²) in [6, 6.07) is 5.37. The summed E-state index contributed by atoms with van der Waals surface area (Å²) in [7, 11) is 3.02. The van der Waals surface area contributed by atoms with Gasteiger partial charge in [-0.3, -0.25) is 0 Å². The van der Waals surface area contributed by atoms with E-state index >= 15 is 0 Å². The third-order valence-corrected chi connectivity index (χ3v) is 1.99. The van der Waals surface area contributed by atoms with Crippen LogP contribution < -0.4 is 9.47 Å². The number of hydrogen-bond donors (Lipinski definition) is 1. The van der Waals surface area contributed by atoms with Crippen LogP contribution in [0.1, 0.15) is 0 Å². The van der Waals surface area contributed by atoms with Crippen LogP contribution in [-0.4, -0.2) is 29.1 Å². The fourth-order valence-electron chi connectivity index (χ4n) is 1.28. The predicted octanol–water partition coefficient (Wildman–Crippen LogP) is 1.29. The highest BCUT2D eigenvalue weighted by molar-refractivity contribution is 5.78. The molecule has 0 atom stereocenters. The number of methoxy groups -OCH3 is 2. The maximum absolute atomic E-state index is 9.58. The van der Waals surface area contributed by atoms with Crippen LogP contribution in [0.25, 0.3) is 11.0 Å². The van der Waals surface area contributed by atoms with E-state index in [1.54, 1.807) is 25.3 Å². The molecule has 0 fully saturated rings. The number of hydrogen-bond acceptors (Lipinski definition) is 4. The van der Waals surface area contributed by atoms with E-state index in [1.807, 2.05) is 0 Å². The molecule has 1 N–H and O–H groups in total. The van der Waals surface area contributed by atoms with E-state index in [1.165, 1.54) is 7.11 Å². The van der Waals surface area contributed by atoms with Crippen LogP contribution >= 0.6 is 0 Å². The molecular weight excluding hydrogens is 184 g/mol. The lowest BCUT2D eigenvalue weighted by Crippen LogP contribution is -1.95. The van der Waals surface area contributed by atoms with Gasteiger partial charge in [-0.15, -0.1) is 4.73 Å². The monoisotopic (exact) mass is 194 g/mol. The molecule has 5 nitrogen and oxygen atoms in total. The van der Waals surface area contributed by atoms with Gasteiger partial charge in [0.25, 0.3) is 0 Å². The average Bonchev–Trinajstić information content (AvgIpc) is 2.55. The molecule has 0 saturated heterocycles. The molecule has 2 aromatic rings. The summed E-state index contributed by atoms with van der Waals surface area (Å²) >= 11 is 0. The summed E-state index contributed by atoms with van der Waals surface area (Å²) in [5, 5.41) is 9.58. The van der Waals surface area contributed by atoms with Gasteiger partial charge in [0.05, 0.1) is 19.7 Å². The van der Waals surface area contributed by atoms with Crippen molar-refractivity contribution in [3.05, 3.63) is 18.2 Å². The zero-order valence-electron chi connectivity index (χ0n) is 7.89. The molecule has 1 aromatic carbocycles. The lowest BCUT2D eigenvalue weighted by atomic mass is 10.3. The molecule has 1 heterocycles. The Kier molecular flexibility index (Phi) is 1.92. The highest BCUT2D eigenvalue weighted by Crippen LogP contribution is 2.23. The van der Waals surface area contributed by atoms with E-state index in [2.05, 4.69) is 4.98 Å². The SMILES string of the molecule is COc1ccc2nc(OC)n(O)c2c1. The summed E-state index contributed by atoms with van der Waals surface area (Å²) in [5.74, 6) is 0.662. The standard InChI is InChI=1S/C9H10N2O3/c1-13-6-3-4-7-8(5-6)11(12)9(10-7)14-2/h3-5,12H,1-2H3. The van der Waals surface area contributed by atoms with E-state index < -0.39 is 0 Å². The summed E-state index contributed by atoms with van der Waals surface area (Å²) in [6.45, 7) is 0. The molecule has 0 amide bonds. The van der Waals surface area contributed by atoms with Gasteiger partial charge in [-0.05, 0) is 12.1 Å². The number of rotatable bonds is 2. The normalized spacial score (nSPS) is 10.4. The Hall–Kier alpha value is -1.91. The highest BCUT2D eigenvalue weighted by Gasteiger charge is 2.10. The lowest BCUT2D eigenvalue weighted by Gasteiger charge is -1.99. The van der Waals surface area contributed by atoms with Crippen LogP contribution in [0.5, 0.6) is 11.8 Å². The van der Waals surface area contributed by atoms with Crippen LogP contribution in [0.3, 0.4) is 0 Å². The quantitative estimate of drug-likeness (QED) is 0.732. The van der Waals surface area contributed by atoms with Gasteiger partial charge in [-0.25, -0.2) is 0 Å². The minimum Gasteiger partial charge on any atom is -0.497 e. The van der Waals surface area contributed by atoms with Crippen molar-refractivity contribution in [1.29, 1.82) is 0 Å². The van der Waals surface area contributed by atoms with E-state index in [4.69, 9.17) is 9.47 Å². The zero-order valence-corrected chi connectivity index (χ0v) is 7.89. The third-order valence-electron chi connectivity index (χ3n) is 1.99. The van der Waals surface area contributed by atoms with Crippen molar-refractivity contribution in [3.8, 4) is 11.8 Å².